The van der Waals surface area contributed by atoms with Crippen LogP contribution >= 0.6 is 0 Å². The van der Waals surface area contributed by atoms with Crippen LogP contribution in [0.25, 0.3) is 11.1 Å². The third-order valence-corrected chi connectivity index (χ3v) is 6.81. The maximum Gasteiger partial charge on any atom is 0.407 e. The number of fused-ring (bicyclic) bond motifs is 3. The predicted octanol–water partition coefficient (Wildman–Crippen LogP) is 4.02. The topological polar surface area (TPSA) is 95.9 Å². The lowest BCUT2D eigenvalue weighted by Gasteiger charge is -2.37. The molecule has 4 rings (SSSR count). The van der Waals surface area contributed by atoms with E-state index in [0.717, 1.165) is 11.1 Å². The number of alkyl carbamates (subject to hydrolysis) is 1. The minimum Gasteiger partial charge on any atom is -0.481 e. The van der Waals surface area contributed by atoms with Crippen LogP contribution in [0.2, 0.25) is 0 Å². The lowest BCUT2D eigenvalue weighted by atomic mass is 9.90. The Morgan fingerprint density at radius 2 is 1.70 bits per heavy atom. The molecule has 1 aliphatic heterocycles. The number of benzene rings is 2. The predicted molar refractivity (Wildman–Crippen MR) is 124 cm³/mol. The van der Waals surface area contributed by atoms with E-state index in [0.29, 0.717) is 32.4 Å². The van der Waals surface area contributed by atoms with E-state index in [1.54, 1.807) is 11.8 Å². The second-order valence-corrected chi connectivity index (χ2v) is 8.77. The molecule has 2 N–H and O–H groups in total. The smallest absolute Gasteiger partial charge is 0.407 e. The summed E-state index contributed by atoms with van der Waals surface area (Å²) < 4.78 is 5.51. The number of rotatable bonds is 7. The lowest BCUT2D eigenvalue weighted by molar-refractivity contribution is -0.149. The molecule has 1 aliphatic carbocycles. The highest BCUT2D eigenvalue weighted by atomic mass is 16.5. The number of carboxylic acids is 1. The van der Waals surface area contributed by atoms with Crippen LogP contribution < -0.4 is 5.32 Å². The lowest BCUT2D eigenvalue weighted by Crippen LogP contribution is -2.49. The summed E-state index contributed by atoms with van der Waals surface area (Å²) >= 11 is 0. The van der Waals surface area contributed by atoms with Crippen LogP contribution in [0.1, 0.15) is 49.7 Å². The van der Waals surface area contributed by atoms with Gasteiger partial charge in [-0.2, -0.15) is 0 Å². The number of carbonyl (C=O) groups excluding carboxylic acids is 2. The number of amides is 2. The summed E-state index contributed by atoms with van der Waals surface area (Å²) in [6.45, 7) is 2.96. The molecule has 2 atom stereocenters. The number of hydrogen-bond donors (Lipinski definition) is 2. The molecule has 7 heteroatoms. The third-order valence-electron chi connectivity index (χ3n) is 6.81. The number of aliphatic carboxylic acids is 1. The zero-order valence-corrected chi connectivity index (χ0v) is 18.8. The van der Waals surface area contributed by atoms with Gasteiger partial charge in [0.2, 0.25) is 5.91 Å². The van der Waals surface area contributed by atoms with Gasteiger partial charge in [-0.25, -0.2) is 4.79 Å². The van der Waals surface area contributed by atoms with Crippen molar-refractivity contribution >= 4 is 18.0 Å². The molecule has 2 aromatic carbocycles. The second-order valence-electron chi connectivity index (χ2n) is 8.77. The van der Waals surface area contributed by atoms with E-state index in [4.69, 9.17) is 4.74 Å². The normalized spacial score (nSPS) is 19.5. The molecule has 7 nitrogen and oxygen atoms in total. The van der Waals surface area contributed by atoms with Crippen LogP contribution in [0.5, 0.6) is 0 Å². The van der Waals surface area contributed by atoms with Crippen molar-refractivity contribution in [3.8, 4) is 11.1 Å². The summed E-state index contributed by atoms with van der Waals surface area (Å²) in [5.41, 5.74) is 4.68. The molecule has 33 heavy (non-hydrogen) atoms. The average Bonchev–Trinajstić information content (AvgIpc) is 3.14. The largest absolute Gasteiger partial charge is 0.481 e. The van der Waals surface area contributed by atoms with E-state index >= 15 is 0 Å². The van der Waals surface area contributed by atoms with Gasteiger partial charge in [-0.3, -0.25) is 9.59 Å². The molecule has 0 radical (unpaired) electrons. The van der Waals surface area contributed by atoms with Crippen molar-refractivity contribution in [3.05, 3.63) is 59.7 Å². The maximum absolute atomic E-state index is 12.5. The Bertz CT molecular complexity index is 991. The van der Waals surface area contributed by atoms with Crippen molar-refractivity contribution in [2.24, 2.45) is 5.92 Å². The zero-order chi connectivity index (χ0) is 23.4. The SMILES string of the molecule is CC1C(C(=O)O)CCCN1C(=O)CCCNC(=O)OCC1c2ccccc2-c2ccccc21. The Morgan fingerprint density at radius 1 is 1.06 bits per heavy atom. The molecule has 1 fully saturated rings. The van der Waals surface area contributed by atoms with E-state index in [9.17, 15) is 19.5 Å². The van der Waals surface area contributed by atoms with Gasteiger partial charge in [0, 0.05) is 31.5 Å². The average molecular weight is 451 g/mol. The number of carbonyl (C=O) groups is 3. The van der Waals surface area contributed by atoms with Gasteiger partial charge in [0.15, 0.2) is 0 Å². The fourth-order valence-electron chi connectivity index (χ4n) is 5.05. The number of hydrogen-bond acceptors (Lipinski definition) is 4. The molecule has 1 saturated heterocycles. The van der Waals surface area contributed by atoms with E-state index in [1.165, 1.54) is 11.1 Å². The molecule has 0 aromatic heterocycles. The van der Waals surface area contributed by atoms with Gasteiger partial charge in [-0.15, -0.1) is 0 Å². The van der Waals surface area contributed by atoms with Gasteiger partial charge >= 0.3 is 12.1 Å². The standard InChI is InChI=1S/C26H30N2O5/c1-17-18(25(30)31)12-7-15-28(17)24(29)13-6-14-27-26(32)33-16-23-21-10-4-2-8-19(21)20-9-3-5-11-22(20)23/h2-5,8-11,17-18,23H,6-7,12-16H2,1H3,(H,27,32)(H,30,31). The highest BCUT2D eigenvalue weighted by Crippen LogP contribution is 2.44. The number of nitrogens with one attached hydrogen (secondary N) is 1. The fourth-order valence-corrected chi connectivity index (χ4v) is 5.05. The summed E-state index contributed by atoms with van der Waals surface area (Å²) in [4.78, 5) is 37.8. The second kappa shape index (κ2) is 10.1. The van der Waals surface area contributed by atoms with Crippen molar-refractivity contribution in [1.29, 1.82) is 0 Å². The molecule has 2 aliphatic rings. The van der Waals surface area contributed by atoms with Crippen LogP contribution in [0, 0.1) is 5.92 Å². The van der Waals surface area contributed by atoms with Gasteiger partial charge in [0.05, 0.1) is 5.92 Å². The van der Waals surface area contributed by atoms with Crippen LogP contribution in [0.4, 0.5) is 4.79 Å². The van der Waals surface area contributed by atoms with Gasteiger partial charge in [-0.1, -0.05) is 48.5 Å². The first kappa shape index (κ1) is 22.8. The first-order chi connectivity index (χ1) is 16.0. The maximum atomic E-state index is 12.5. The number of piperidine rings is 1. The van der Waals surface area contributed by atoms with Crippen LogP contribution in [-0.2, 0) is 14.3 Å². The quantitative estimate of drug-likeness (QED) is 0.621. The van der Waals surface area contributed by atoms with E-state index in [1.807, 2.05) is 24.3 Å². The number of ether oxygens (including phenoxy) is 1. The highest BCUT2D eigenvalue weighted by Gasteiger charge is 2.35. The number of likely N-dealkylation sites (tertiary alicyclic amines) is 1. The van der Waals surface area contributed by atoms with Crippen LogP contribution in [-0.4, -0.2) is 53.7 Å². The molecular formula is C26H30N2O5. The Morgan fingerprint density at radius 3 is 2.33 bits per heavy atom. The number of carboxylic acid groups (broad SMARTS) is 1. The molecule has 0 saturated carbocycles. The van der Waals surface area contributed by atoms with Crippen LogP contribution in [0.3, 0.4) is 0 Å². The molecule has 2 amide bonds. The zero-order valence-electron chi connectivity index (χ0n) is 18.8. The summed E-state index contributed by atoms with van der Waals surface area (Å²) in [6, 6.07) is 16.0. The minimum atomic E-state index is -0.850. The molecule has 0 spiro atoms. The van der Waals surface area contributed by atoms with Crippen molar-refractivity contribution in [2.75, 3.05) is 19.7 Å². The molecule has 2 unspecified atom stereocenters. The van der Waals surface area contributed by atoms with E-state index in [-0.39, 0.29) is 30.9 Å². The Hall–Kier alpha value is -3.35. The van der Waals surface area contributed by atoms with Gasteiger partial charge in [0.1, 0.15) is 6.61 Å². The fraction of sp³-hybridized carbons (Fsp3) is 0.423. The Kier molecular flexibility index (Phi) is 6.96. The molecule has 174 valence electrons. The van der Waals surface area contributed by atoms with E-state index in [2.05, 4.69) is 29.6 Å². The third kappa shape index (κ3) is 4.87. The van der Waals surface area contributed by atoms with Crippen molar-refractivity contribution in [2.45, 2.75) is 44.6 Å². The van der Waals surface area contributed by atoms with Crippen molar-refractivity contribution in [1.82, 2.24) is 10.2 Å². The first-order valence-corrected chi connectivity index (χ1v) is 11.6. The molecule has 2 aromatic rings. The molecular weight excluding hydrogens is 420 g/mol. The summed E-state index contributed by atoms with van der Waals surface area (Å²) in [7, 11) is 0. The highest BCUT2D eigenvalue weighted by molar-refractivity contribution is 5.80. The minimum absolute atomic E-state index is 0.00694. The van der Waals surface area contributed by atoms with Crippen molar-refractivity contribution < 1.29 is 24.2 Å². The Labute approximate surface area is 193 Å². The summed E-state index contributed by atoms with van der Waals surface area (Å²) in [6.07, 6.45) is 1.54. The first-order valence-electron chi connectivity index (χ1n) is 11.6. The van der Waals surface area contributed by atoms with Crippen molar-refractivity contribution in [3.63, 3.8) is 0 Å². The van der Waals surface area contributed by atoms with Gasteiger partial charge in [-0.05, 0) is 48.4 Å². The molecule has 0 bridgehead atoms. The van der Waals surface area contributed by atoms with Gasteiger partial charge in [0.25, 0.3) is 0 Å². The number of nitrogens with zero attached hydrogens (tertiary/aromatic N) is 1. The Balaban J connectivity index is 1.22. The van der Waals surface area contributed by atoms with Gasteiger partial charge < -0.3 is 20.1 Å². The summed E-state index contributed by atoms with van der Waals surface area (Å²) in [5.74, 6) is -1.42. The van der Waals surface area contributed by atoms with E-state index < -0.39 is 18.0 Å². The monoisotopic (exact) mass is 450 g/mol. The summed E-state index contributed by atoms with van der Waals surface area (Å²) in [5, 5.41) is 12.0. The van der Waals surface area contributed by atoms with Crippen LogP contribution in [0.15, 0.2) is 48.5 Å². The molecule has 1 heterocycles.